The van der Waals surface area contributed by atoms with Crippen LogP contribution in [0.5, 0.6) is 0 Å². The summed E-state index contributed by atoms with van der Waals surface area (Å²) in [4.78, 5) is 19.2. The minimum Gasteiger partial charge on any atom is -0.339 e. The van der Waals surface area contributed by atoms with E-state index >= 15 is 0 Å². The molecule has 1 unspecified atom stereocenters. The first-order valence-electron chi connectivity index (χ1n) is 9.71. The maximum Gasteiger partial charge on any atom is 0.226 e. The fourth-order valence-electron chi connectivity index (χ4n) is 4.40. The Balaban J connectivity index is 0.00000210. The van der Waals surface area contributed by atoms with Crippen LogP contribution in [0.3, 0.4) is 0 Å². The molecule has 1 saturated carbocycles. The molecule has 0 spiro atoms. The zero-order chi connectivity index (χ0) is 17.9. The molecule has 1 atom stereocenters. The fourth-order valence-corrected chi connectivity index (χ4v) is 4.66. The van der Waals surface area contributed by atoms with Crippen molar-refractivity contribution in [2.45, 2.75) is 51.0 Å². The number of rotatable bonds is 4. The maximum atomic E-state index is 12.9. The van der Waals surface area contributed by atoms with E-state index < -0.39 is 0 Å². The zero-order valence-electron chi connectivity index (χ0n) is 15.4. The molecule has 1 amide bonds. The Morgan fingerprint density at radius 3 is 2.59 bits per heavy atom. The Hall–Kier alpha value is -1.58. The number of nitrogens with zero attached hydrogens (tertiary/aromatic N) is 2. The van der Waals surface area contributed by atoms with E-state index in [0.717, 1.165) is 41.1 Å². The van der Waals surface area contributed by atoms with Gasteiger partial charge in [-0.2, -0.15) is 0 Å². The van der Waals surface area contributed by atoms with Crippen LogP contribution in [0.4, 0.5) is 0 Å². The SMILES string of the molecule is Cl.O=C1C(Cc2ccc(-c3cccnc3)cc2Cl)CCN1C1CCCCC1. The average Bonchev–Trinajstić information content (AvgIpc) is 3.05. The number of carbonyl (C=O) groups is 1. The highest BCUT2D eigenvalue weighted by molar-refractivity contribution is 6.31. The maximum absolute atomic E-state index is 12.9. The molecule has 2 aromatic rings. The molecule has 2 heterocycles. The third-order valence-electron chi connectivity index (χ3n) is 5.88. The molecular formula is C22H26Cl2N2O. The summed E-state index contributed by atoms with van der Waals surface area (Å²) in [6, 6.07) is 10.6. The van der Waals surface area contributed by atoms with E-state index in [2.05, 4.69) is 22.0 Å². The van der Waals surface area contributed by atoms with Gasteiger partial charge < -0.3 is 4.90 Å². The lowest BCUT2D eigenvalue weighted by Crippen LogP contribution is -2.39. The fraction of sp³-hybridized carbons (Fsp3) is 0.455. The van der Waals surface area contributed by atoms with Gasteiger partial charge in [0, 0.05) is 41.5 Å². The molecule has 1 aliphatic heterocycles. The molecule has 1 aliphatic carbocycles. The van der Waals surface area contributed by atoms with Gasteiger partial charge in [0.25, 0.3) is 0 Å². The molecule has 1 aromatic heterocycles. The van der Waals surface area contributed by atoms with E-state index in [9.17, 15) is 4.79 Å². The van der Waals surface area contributed by atoms with Crippen molar-refractivity contribution in [1.82, 2.24) is 9.88 Å². The molecule has 144 valence electrons. The smallest absolute Gasteiger partial charge is 0.226 e. The Bertz CT molecular complexity index is 775. The van der Waals surface area contributed by atoms with E-state index in [0.29, 0.717) is 11.9 Å². The van der Waals surface area contributed by atoms with Gasteiger partial charge in [-0.15, -0.1) is 12.4 Å². The Kier molecular flexibility index (Phi) is 6.78. The molecule has 2 aliphatic rings. The van der Waals surface area contributed by atoms with Gasteiger partial charge in [-0.3, -0.25) is 9.78 Å². The number of amides is 1. The summed E-state index contributed by atoms with van der Waals surface area (Å²) in [5.41, 5.74) is 3.19. The molecule has 0 N–H and O–H groups in total. The summed E-state index contributed by atoms with van der Waals surface area (Å²) in [5.74, 6) is 0.419. The largest absolute Gasteiger partial charge is 0.339 e. The third kappa shape index (κ3) is 4.47. The molecule has 4 rings (SSSR count). The van der Waals surface area contributed by atoms with Gasteiger partial charge in [-0.1, -0.05) is 49.1 Å². The van der Waals surface area contributed by atoms with Crippen LogP contribution in [0.15, 0.2) is 42.7 Å². The van der Waals surface area contributed by atoms with Crippen LogP contribution in [0, 0.1) is 5.92 Å². The molecule has 0 radical (unpaired) electrons. The van der Waals surface area contributed by atoms with Gasteiger partial charge >= 0.3 is 0 Å². The van der Waals surface area contributed by atoms with Crippen molar-refractivity contribution >= 4 is 29.9 Å². The topological polar surface area (TPSA) is 33.2 Å². The number of likely N-dealkylation sites (tertiary alicyclic amines) is 1. The van der Waals surface area contributed by atoms with Gasteiger partial charge in [0.2, 0.25) is 5.91 Å². The molecule has 27 heavy (non-hydrogen) atoms. The summed E-state index contributed by atoms with van der Waals surface area (Å²) >= 11 is 6.55. The summed E-state index contributed by atoms with van der Waals surface area (Å²) in [5, 5.41) is 0.746. The predicted octanol–water partition coefficient (Wildman–Crippen LogP) is 5.55. The van der Waals surface area contributed by atoms with Crippen LogP contribution in [0.2, 0.25) is 5.02 Å². The number of hydrogen-bond donors (Lipinski definition) is 0. The summed E-state index contributed by atoms with van der Waals surface area (Å²) in [7, 11) is 0. The first-order chi connectivity index (χ1) is 12.7. The molecule has 5 heteroatoms. The van der Waals surface area contributed by atoms with Gasteiger partial charge in [0.1, 0.15) is 0 Å². The second-order valence-electron chi connectivity index (χ2n) is 7.56. The van der Waals surface area contributed by atoms with Crippen molar-refractivity contribution in [3.63, 3.8) is 0 Å². The number of halogens is 2. The number of aromatic nitrogens is 1. The predicted molar refractivity (Wildman–Crippen MR) is 112 cm³/mol. The van der Waals surface area contributed by atoms with E-state index in [-0.39, 0.29) is 18.3 Å². The standard InChI is InChI=1S/C22H25ClN2O.ClH/c23-21-14-16(19-5-4-11-24-15-19)8-9-17(21)13-18-10-12-25(22(18)26)20-6-2-1-3-7-20;/h4-5,8-9,11,14-15,18,20H,1-3,6-7,10,12-13H2;1H. The van der Waals surface area contributed by atoms with Gasteiger partial charge in [-0.05, 0) is 48.9 Å². The first kappa shape index (κ1) is 20.2. The molecule has 2 fully saturated rings. The van der Waals surface area contributed by atoms with E-state index in [1.165, 1.54) is 32.1 Å². The number of benzene rings is 1. The normalized spacial score (nSPS) is 20.6. The van der Waals surface area contributed by atoms with E-state index in [4.69, 9.17) is 11.6 Å². The highest BCUT2D eigenvalue weighted by atomic mass is 35.5. The minimum absolute atomic E-state index is 0. The lowest BCUT2D eigenvalue weighted by molar-refractivity contribution is -0.133. The summed E-state index contributed by atoms with van der Waals surface area (Å²) < 4.78 is 0. The van der Waals surface area contributed by atoms with E-state index in [1.54, 1.807) is 6.20 Å². The van der Waals surface area contributed by atoms with Crippen LogP contribution in [0.1, 0.15) is 44.1 Å². The lowest BCUT2D eigenvalue weighted by Gasteiger charge is -2.31. The average molecular weight is 405 g/mol. The van der Waals surface area contributed by atoms with Crippen molar-refractivity contribution < 1.29 is 4.79 Å². The third-order valence-corrected chi connectivity index (χ3v) is 6.23. The van der Waals surface area contributed by atoms with Gasteiger partial charge in [-0.25, -0.2) is 0 Å². The van der Waals surface area contributed by atoms with Crippen molar-refractivity contribution in [3.05, 3.63) is 53.3 Å². The van der Waals surface area contributed by atoms with Gasteiger partial charge in [0.15, 0.2) is 0 Å². The summed E-state index contributed by atoms with van der Waals surface area (Å²) in [6.45, 7) is 0.916. The van der Waals surface area contributed by atoms with Crippen LogP contribution in [0.25, 0.3) is 11.1 Å². The number of carbonyl (C=O) groups excluding carboxylic acids is 1. The molecule has 0 bridgehead atoms. The van der Waals surface area contributed by atoms with Crippen molar-refractivity contribution in [2.75, 3.05) is 6.54 Å². The van der Waals surface area contributed by atoms with Crippen LogP contribution >= 0.6 is 24.0 Å². The summed E-state index contributed by atoms with van der Waals surface area (Å²) in [6.07, 6.45) is 11.5. The molecular weight excluding hydrogens is 379 g/mol. The highest BCUT2D eigenvalue weighted by Gasteiger charge is 2.36. The second kappa shape index (κ2) is 9.07. The zero-order valence-corrected chi connectivity index (χ0v) is 17.0. The first-order valence-corrected chi connectivity index (χ1v) is 10.1. The minimum atomic E-state index is 0. The number of hydrogen-bond acceptors (Lipinski definition) is 2. The molecule has 1 saturated heterocycles. The van der Waals surface area contributed by atoms with Gasteiger partial charge in [0.05, 0.1) is 0 Å². The number of pyridine rings is 1. The Morgan fingerprint density at radius 1 is 1.07 bits per heavy atom. The molecule has 1 aromatic carbocycles. The van der Waals surface area contributed by atoms with Crippen molar-refractivity contribution in [2.24, 2.45) is 5.92 Å². The molecule has 3 nitrogen and oxygen atoms in total. The Morgan fingerprint density at radius 2 is 1.89 bits per heavy atom. The highest BCUT2D eigenvalue weighted by Crippen LogP contribution is 2.32. The van der Waals surface area contributed by atoms with Crippen LogP contribution in [-0.4, -0.2) is 28.4 Å². The Labute approximate surface area is 172 Å². The van der Waals surface area contributed by atoms with Crippen LogP contribution in [-0.2, 0) is 11.2 Å². The monoisotopic (exact) mass is 404 g/mol. The second-order valence-corrected chi connectivity index (χ2v) is 7.97. The van der Waals surface area contributed by atoms with Crippen molar-refractivity contribution in [3.8, 4) is 11.1 Å². The van der Waals surface area contributed by atoms with Crippen LogP contribution < -0.4 is 0 Å². The van der Waals surface area contributed by atoms with E-state index in [1.807, 2.05) is 24.4 Å². The van der Waals surface area contributed by atoms with Crippen molar-refractivity contribution in [1.29, 1.82) is 0 Å². The lowest BCUT2D eigenvalue weighted by atomic mass is 9.93. The quantitative estimate of drug-likeness (QED) is 0.669.